The molecular formula is C18H24ClN. The maximum Gasteiger partial charge on any atom is 0.0409 e. The molecule has 3 unspecified atom stereocenters. The molecular weight excluding hydrogens is 266 g/mol. The van der Waals surface area contributed by atoms with Crippen LogP contribution in [0.25, 0.3) is 0 Å². The predicted octanol–water partition coefficient (Wildman–Crippen LogP) is 4.82. The van der Waals surface area contributed by atoms with Crippen molar-refractivity contribution in [1.82, 2.24) is 5.32 Å². The lowest BCUT2D eigenvalue weighted by molar-refractivity contribution is 0.200. The minimum Gasteiger partial charge on any atom is -0.307 e. The third kappa shape index (κ3) is 2.10. The molecule has 6 atom stereocenters. The molecule has 0 aliphatic heterocycles. The molecule has 0 saturated heterocycles. The van der Waals surface area contributed by atoms with Gasteiger partial charge in [-0.25, -0.2) is 0 Å². The molecule has 3 saturated carbocycles. The molecule has 3 aliphatic carbocycles. The molecule has 0 aromatic heterocycles. The zero-order valence-corrected chi connectivity index (χ0v) is 12.9. The second kappa shape index (κ2) is 5.03. The molecule has 3 aliphatic rings. The van der Waals surface area contributed by atoms with E-state index in [4.69, 9.17) is 11.6 Å². The molecule has 0 radical (unpaired) electrons. The van der Waals surface area contributed by atoms with Gasteiger partial charge in [0.25, 0.3) is 0 Å². The van der Waals surface area contributed by atoms with Gasteiger partial charge in [-0.05, 0) is 74.0 Å². The van der Waals surface area contributed by atoms with E-state index in [0.29, 0.717) is 6.04 Å². The first-order chi connectivity index (χ1) is 9.72. The fourth-order valence-electron chi connectivity index (χ4n) is 5.45. The number of nitrogens with one attached hydrogen (secondary N) is 1. The van der Waals surface area contributed by atoms with Crippen molar-refractivity contribution in [3.63, 3.8) is 0 Å². The Morgan fingerprint density at radius 2 is 2.00 bits per heavy atom. The Balaban J connectivity index is 1.45. The minimum absolute atomic E-state index is 0.415. The molecule has 2 heteroatoms. The maximum atomic E-state index is 6.11. The topological polar surface area (TPSA) is 12.0 Å². The van der Waals surface area contributed by atoms with E-state index in [9.17, 15) is 0 Å². The number of hydrogen-bond acceptors (Lipinski definition) is 1. The summed E-state index contributed by atoms with van der Waals surface area (Å²) < 4.78 is 0. The number of fused-ring (bicyclic) bond motifs is 5. The molecule has 1 nitrogen and oxygen atoms in total. The van der Waals surface area contributed by atoms with Gasteiger partial charge in [-0.1, -0.05) is 30.2 Å². The van der Waals surface area contributed by atoms with Crippen molar-refractivity contribution >= 4 is 11.6 Å². The second-order valence-corrected chi connectivity index (χ2v) is 7.64. The molecule has 1 aromatic rings. The fraction of sp³-hybridized carbons (Fsp3) is 0.667. The summed E-state index contributed by atoms with van der Waals surface area (Å²) in [5, 5.41) is 4.75. The van der Waals surface area contributed by atoms with Gasteiger partial charge in [-0.15, -0.1) is 0 Å². The SMILES string of the molecule is CC(N[C@@H]1CC2CC1[C@@H]1CCC[C@H]21)c1cccc(Cl)c1. The van der Waals surface area contributed by atoms with Crippen molar-refractivity contribution in [2.24, 2.45) is 23.7 Å². The van der Waals surface area contributed by atoms with Crippen molar-refractivity contribution in [1.29, 1.82) is 0 Å². The normalized spacial score (nSPS) is 40.0. The van der Waals surface area contributed by atoms with Crippen molar-refractivity contribution in [3.8, 4) is 0 Å². The first kappa shape index (κ1) is 13.2. The summed E-state index contributed by atoms with van der Waals surface area (Å²) >= 11 is 6.11. The average molecular weight is 290 g/mol. The summed E-state index contributed by atoms with van der Waals surface area (Å²) in [5.74, 6) is 4.10. The second-order valence-electron chi connectivity index (χ2n) is 7.20. The highest BCUT2D eigenvalue weighted by Gasteiger charge is 2.53. The van der Waals surface area contributed by atoms with E-state index in [1.54, 1.807) is 0 Å². The van der Waals surface area contributed by atoms with Crippen LogP contribution in [0.3, 0.4) is 0 Å². The average Bonchev–Trinajstić information content (AvgIpc) is 3.10. The first-order valence-electron chi connectivity index (χ1n) is 8.24. The summed E-state index contributed by atoms with van der Waals surface area (Å²) in [6, 6.07) is 9.47. The maximum absolute atomic E-state index is 6.11. The van der Waals surface area contributed by atoms with Gasteiger partial charge >= 0.3 is 0 Å². The Kier molecular flexibility index (Phi) is 3.31. The predicted molar refractivity (Wildman–Crippen MR) is 83.8 cm³/mol. The minimum atomic E-state index is 0.415. The Hall–Kier alpha value is -0.530. The van der Waals surface area contributed by atoms with E-state index in [-0.39, 0.29) is 0 Å². The number of rotatable bonds is 3. The molecule has 0 heterocycles. The highest BCUT2D eigenvalue weighted by Crippen LogP contribution is 2.58. The highest BCUT2D eigenvalue weighted by atomic mass is 35.5. The Morgan fingerprint density at radius 1 is 1.15 bits per heavy atom. The van der Waals surface area contributed by atoms with Crippen LogP contribution in [-0.2, 0) is 0 Å². The van der Waals surface area contributed by atoms with Crippen LogP contribution in [0.4, 0.5) is 0 Å². The van der Waals surface area contributed by atoms with Crippen LogP contribution in [0.5, 0.6) is 0 Å². The van der Waals surface area contributed by atoms with Gasteiger partial charge in [0.2, 0.25) is 0 Å². The van der Waals surface area contributed by atoms with Crippen molar-refractivity contribution < 1.29 is 0 Å². The van der Waals surface area contributed by atoms with Crippen LogP contribution < -0.4 is 5.32 Å². The zero-order chi connectivity index (χ0) is 13.7. The van der Waals surface area contributed by atoms with E-state index in [0.717, 1.165) is 34.7 Å². The summed E-state index contributed by atoms with van der Waals surface area (Å²) in [6.07, 6.45) is 7.41. The summed E-state index contributed by atoms with van der Waals surface area (Å²) in [7, 11) is 0. The lowest BCUT2D eigenvalue weighted by Crippen LogP contribution is -2.40. The van der Waals surface area contributed by atoms with Crippen LogP contribution in [0.15, 0.2) is 24.3 Å². The Labute approximate surface area is 127 Å². The van der Waals surface area contributed by atoms with E-state index >= 15 is 0 Å². The van der Waals surface area contributed by atoms with Gasteiger partial charge in [-0.3, -0.25) is 0 Å². The molecule has 1 aromatic carbocycles. The first-order valence-corrected chi connectivity index (χ1v) is 8.61. The zero-order valence-electron chi connectivity index (χ0n) is 12.2. The van der Waals surface area contributed by atoms with Crippen LogP contribution in [0.1, 0.15) is 50.6 Å². The Morgan fingerprint density at radius 3 is 2.85 bits per heavy atom. The number of benzene rings is 1. The smallest absolute Gasteiger partial charge is 0.0409 e. The van der Waals surface area contributed by atoms with Gasteiger partial charge in [0, 0.05) is 17.1 Å². The number of hydrogen-bond donors (Lipinski definition) is 1. The summed E-state index contributed by atoms with van der Waals surface area (Å²) in [5.41, 5.74) is 1.32. The molecule has 3 fully saturated rings. The van der Waals surface area contributed by atoms with Crippen molar-refractivity contribution in [2.75, 3.05) is 0 Å². The van der Waals surface area contributed by atoms with E-state index < -0.39 is 0 Å². The standard InChI is InChI=1S/C18H24ClN/c1-11(12-4-2-5-14(19)8-12)20-18-10-13-9-17(18)16-7-3-6-15(13)16/h2,4-5,8,11,13,15-18,20H,3,6-7,9-10H2,1H3/t11?,13?,15-,16-,17?,18-/m1/s1. The summed E-state index contributed by atoms with van der Waals surface area (Å²) in [4.78, 5) is 0. The molecule has 0 amide bonds. The monoisotopic (exact) mass is 289 g/mol. The lowest BCUT2D eigenvalue weighted by atomic mass is 9.79. The highest BCUT2D eigenvalue weighted by molar-refractivity contribution is 6.30. The van der Waals surface area contributed by atoms with Gasteiger partial charge < -0.3 is 5.32 Å². The van der Waals surface area contributed by atoms with Crippen LogP contribution in [-0.4, -0.2) is 6.04 Å². The van der Waals surface area contributed by atoms with Crippen LogP contribution >= 0.6 is 11.6 Å². The molecule has 2 bridgehead atoms. The van der Waals surface area contributed by atoms with Crippen molar-refractivity contribution in [2.45, 2.75) is 51.1 Å². The van der Waals surface area contributed by atoms with Gasteiger partial charge in [-0.2, -0.15) is 0 Å². The largest absolute Gasteiger partial charge is 0.307 e. The van der Waals surface area contributed by atoms with E-state index in [1.165, 1.54) is 37.7 Å². The fourth-order valence-corrected chi connectivity index (χ4v) is 5.65. The van der Waals surface area contributed by atoms with Gasteiger partial charge in [0.1, 0.15) is 0 Å². The van der Waals surface area contributed by atoms with E-state index in [2.05, 4.69) is 30.4 Å². The van der Waals surface area contributed by atoms with Crippen LogP contribution in [0.2, 0.25) is 5.02 Å². The third-order valence-electron chi connectivity index (χ3n) is 6.24. The van der Waals surface area contributed by atoms with E-state index in [1.807, 2.05) is 6.07 Å². The summed E-state index contributed by atoms with van der Waals surface area (Å²) in [6.45, 7) is 2.28. The molecule has 0 spiro atoms. The van der Waals surface area contributed by atoms with Crippen molar-refractivity contribution in [3.05, 3.63) is 34.9 Å². The molecule has 108 valence electrons. The molecule has 1 N–H and O–H groups in total. The quantitative estimate of drug-likeness (QED) is 0.841. The third-order valence-corrected chi connectivity index (χ3v) is 6.48. The molecule has 20 heavy (non-hydrogen) atoms. The molecule has 4 rings (SSSR count). The van der Waals surface area contributed by atoms with Gasteiger partial charge in [0.05, 0.1) is 0 Å². The van der Waals surface area contributed by atoms with Gasteiger partial charge in [0.15, 0.2) is 0 Å². The Bertz CT molecular complexity index is 500. The van der Waals surface area contributed by atoms with Crippen LogP contribution in [0, 0.1) is 23.7 Å². The lowest BCUT2D eigenvalue weighted by Gasteiger charge is -2.34. The number of halogens is 1.